The van der Waals surface area contributed by atoms with Gasteiger partial charge in [0.25, 0.3) is 0 Å². The summed E-state index contributed by atoms with van der Waals surface area (Å²) in [5.41, 5.74) is 7.64. The Hall–Kier alpha value is -4.96. The first-order chi connectivity index (χ1) is 22.7. The molecule has 0 aliphatic heterocycles. The van der Waals surface area contributed by atoms with Gasteiger partial charge in [-0.3, -0.25) is 0 Å². The van der Waals surface area contributed by atoms with E-state index in [9.17, 15) is 0 Å². The fourth-order valence-electron chi connectivity index (χ4n) is 7.63. The van der Waals surface area contributed by atoms with E-state index in [0.717, 1.165) is 0 Å². The second-order valence-corrected chi connectivity index (χ2v) is 14.7. The molecule has 46 heavy (non-hydrogen) atoms. The molecule has 6 aromatic carbocycles. The number of rotatable bonds is 3. The van der Waals surface area contributed by atoms with Crippen molar-refractivity contribution in [2.45, 2.75) is 12.8 Å². The van der Waals surface area contributed by atoms with Crippen molar-refractivity contribution in [3.63, 3.8) is 0 Å². The number of thiophene rings is 2. The number of nitrogens with zero attached hydrogens (tertiary/aromatic N) is 1. The highest BCUT2D eigenvalue weighted by Crippen LogP contribution is 2.43. The van der Waals surface area contributed by atoms with Crippen molar-refractivity contribution in [3.05, 3.63) is 151 Å². The van der Waals surface area contributed by atoms with Gasteiger partial charge in [0.2, 0.25) is 0 Å². The van der Waals surface area contributed by atoms with Gasteiger partial charge in [-0.2, -0.15) is 0 Å². The molecule has 3 heteroatoms. The molecule has 218 valence electrons. The molecule has 0 spiro atoms. The number of allylic oxidation sites excluding steroid dienone is 4. The monoisotopic (exact) mass is 623 g/mol. The van der Waals surface area contributed by atoms with Crippen LogP contribution in [0.15, 0.2) is 146 Å². The highest BCUT2D eigenvalue weighted by atomic mass is 32.1. The number of benzene rings is 6. The summed E-state index contributed by atoms with van der Waals surface area (Å²) in [6.45, 7) is 2.32. The van der Waals surface area contributed by atoms with Gasteiger partial charge in [-0.05, 0) is 71.1 Å². The predicted molar refractivity (Wildman–Crippen MR) is 202 cm³/mol. The summed E-state index contributed by atoms with van der Waals surface area (Å²) < 4.78 is 7.85. The van der Waals surface area contributed by atoms with Gasteiger partial charge in [0.1, 0.15) is 0 Å². The normalized spacial score (nSPS) is 16.6. The minimum atomic E-state index is 0.373. The topological polar surface area (TPSA) is 4.93 Å². The van der Waals surface area contributed by atoms with Gasteiger partial charge in [-0.15, -0.1) is 22.7 Å². The average molecular weight is 624 g/mol. The Bertz CT molecular complexity index is 2730. The average Bonchev–Trinajstić information content (AvgIpc) is 3.77. The molecule has 9 aromatic rings. The predicted octanol–water partition coefficient (Wildman–Crippen LogP) is 13.0. The van der Waals surface area contributed by atoms with Crippen LogP contribution in [0.2, 0.25) is 0 Å². The van der Waals surface area contributed by atoms with E-state index < -0.39 is 0 Å². The van der Waals surface area contributed by atoms with Crippen LogP contribution in [-0.2, 0) is 0 Å². The van der Waals surface area contributed by atoms with Crippen molar-refractivity contribution in [2.24, 2.45) is 5.92 Å². The van der Waals surface area contributed by atoms with Crippen molar-refractivity contribution < 1.29 is 0 Å². The van der Waals surface area contributed by atoms with Crippen LogP contribution in [0.5, 0.6) is 0 Å². The van der Waals surface area contributed by atoms with Gasteiger partial charge < -0.3 is 4.57 Å². The fourth-order valence-corrected chi connectivity index (χ4v) is 9.99. The first kappa shape index (κ1) is 26.3. The molecule has 0 saturated heterocycles. The molecular weight excluding hydrogens is 595 g/mol. The van der Waals surface area contributed by atoms with E-state index in [1.165, 1.54) is 84.5 Å². The van der Waals surface area contributed by atoms with Crippen LogP contribution in [0.3, 0.4) is 0 Å². The zero-order valence-electron chi connectivity index (χ0n) is 25.3. The maximum absolute atomic E-state index is 2.51. The zero-order chi connectivity index (χ0) is 30.4. The van der Waals surface area contributed by atoms with Gasteiger partial charge in [0.15, 0.2) is 0 Å². The molecule has 1 nitrogen and oxygen atoms in total. The van der Waals surface area contributed by atoms with Crippen molar-refractivity contribution in [3.8, 4) is 16.8 Å². The number of fused-ring (bicyclic) bond motifs is 9. The summed E-state index contributed by atoms with van der Waals surface area (Å²) >= 11 is 3.78. The highest BCUT2D eigenvalue weighted by molar-refractivity contribution is 7.26. The maximum Gasteiger partial charge on any atom is 0.0640 e. The lowest BCUT2D eigenvalue weighted by Crippen LogP contribution is -2.07. The van der Waals surface area contributed by atoms with Crippen LogP contribution in [0.1, 0.15) is 18.4 Å². The zero-order valence-corrected chi connectivity index (χ0v) is 26.9. The first-order valence-corrected chi connectivity index (χ1v) is 17.6. The van der Waals surface area contributed by atoms with Gasteiger partial charge in [-0.25, -0.2) is 0 Å². The molecule has 0 saturated carbocycles. The third-order valence-corrected chi connectivity index (χ3v) is 12.3. The Labute approximate surface area is 275 Å². The van der Waals surface area contributed by atoms with Crippen LogP contribution < -0.4 is 0 Å². The largest absolute Gasteiger partial charge is 0.308 e. The fraction of sp³-hybridized carbons (Fsp3) is 0.0698. The summed E-state index contributed by atoms with van der Waals surface area (Å²) in [6.07, 6.45) is 9.05. The Morgan fingerprint density at radius 1 is 0.500 bits per heavy atom. The second kappa shape index (κ2) is 10.0. The third kappa shape index (κ3) is 3.86. The van der Waals surface area contributed by atoms with Gasteiger partial charge in [0, 0.05) is 52.3 Å². The summed E-state index contributed by atoms with van der Waals surface area (Å²) in [6, 6.07) is 45.6. The second-order valence-electron chi connectivity index (χ2n) is 12.6. The van der Waals surface area contributed by atoms with E-state index in [1.807, 2.05) is 22.7 Å². The van der Waals surface area contributed by atoms with E-state index in [1.54, 1.807) is 0 Å². The molecule has 3 aromatic heterocycles. The Balaban J connectivity index is 1.23. The third-order valence-electron chi connectivity index (χ3n) is 9.92. The first-order valence-electron chi connectivity index (χ1n) is 16.0. The maximum atomic E-state index is 2.51. The van der Waals surface area contributed by atoms with E-state index >= 15 is 0 Å². The quantitative estimate of drug-likeness (QED) is 0.184. The van der Waals surface area contributed by atoms with Crippen molar-refractivity contribution >= 4 is 84.8 Å². The lowest BCUT2D eigenvalue weighted by molar-refractivity contribution is 0.636. The summed E-state index contributed by atoms with van der Waals surface area (Å²) in [5, 5.41) is 7.95. The Morgan fingerprint density at radius 3 is 2.00 bits per heavy atom. The molecule has 0 N–H and O–H groups in total. The smallest absolute Gasteiger partial charge is 0.0640 e. The van der Waals surface area contributed by atoms with Crippen molar-refractivity contribution in [2.75, 3.05) is 0 Å². The van der Waals surface area contributed by atoms with Crippen LogP contribution in [0.4, 0.5) is 0 Å². The van der Waals surface area contributed by atoms with Crippen molar-refractivity contribution in [1.29, 1.82) is 0 Å². The molecular formula is C43H29NS2. The lowest BCUT2D eigenvalue weighted by atomic mass is 9.84. The molecule has 0 fully saturated rings. The molecule has 1 aliphatic carbocycles. The lowest BCUT2D eigenvalue weighted by Gasteiger charge is -2.21. The summed E-state index contributed by atoms with van der Waals surface area (Å²) in [4.78, 5) is 0. The van der Waals surface area contributed by atoms with Gasteiger partial charge in [-0.1, -0.05) is 104 Å². The molecule has 10 rings (SSSR count). The SMILES string of the molecule is CC1C=CC=CC1c1ccc2c(c1)c1cc(-c3ccc4c(c3)sc3ccccc34)ccc1n2-c1cccc2c1sc1ccccc12. The van der Waals surface area contributed by atoms with Crippen LogP contribution >= 0.6 is 22.7 Å². The van der Waals surface area contributed by atoms with Gasteiger partial charge >= 0.3 is 0 Å². The minimum absolute atomic E-state index is 0.373. The number of hydrogen-bond donors (Lipinski definition) is 0. The minimum Gasteiger partial charge on any atom is -0.308 e. The van der Waals surface area contributed by atoms with E-state index in [2.05, 4.69) is 157 Å². The van der Waals surface area contributed by atoms with E-state index in [4.69, 9.17) is 0 Å². The summed E-state index contributed by atoms with van der Waals surface area (Å²) in [7, 11) is 0. The summed E-state index contributed by atoms with van der Waals surface area (Å²) in [5.74, 6) is 0.837. The van der Waals surface area contributed by atoms with Gasteiger partial charge in [0.05, 0.1) is 21.4 Å². The number of hydrogen-bond acceptors (Lipinski definition) is 2. The van der Waals surface area contributed by atoms with Crippen LogP contribution in [-0.4, -0.2) is 4.57 Å². The van der Waals surface area contributed by atoms with Crippen LogP contribution in [0.25, 0.3) is 79.0 Å². The van der Waals surface area contributed by atoms with Crippen LogP contribution in [0, 0.1) is 5.92 Å². The molecule has 1 aliphatic rings. The Morgan fingerprint density at radius 2 is 1.15 bits per heavy atom. The van der Waals surface area contributed by atoms with E-state index in [-0.39, 0.29) is 0 Å². The Kier molecular flexibility index (Phi) is 5.72. The van der Waals surface area contributed by atoms with E-state index in [0.29, 0.717) is 11.8 Å². The highest BCUT2D eigenvalue weighted by Gasteiger charge is 2.21. The molecule has 2 unspecified atom stereocenters. The molecule has 0 radical (unpaired) electrons. The molecule has 0 amide bonds. The molecule has 0 bridgehead atoms. The molecule has 3 heterocycles. The number of aromatic nitrogens is 1. The standard InChI is InChI=1S/C43H29NS2/c1-26-9-2-3-10-30(26)29-19-22-38-36(24-29)35-23-27(28-17-20-33-31-11-4-6-15-40(31)45-42(33)25-28)18-21-37(35)44(38)39-14-8-13-34-32-12-5-7-16-41(32)46-43(34)39/h2-26,30H,1H3. The van der Waals surface area contributed by atoms with Crippen molar-refractivity contribution in [1.82, 2.24) is 4.57 Å². The molecule has 2 atom stereocenters.